The van der Waals surface area contributed by atoms with Gasteiger partial charge in [-0.1, -0.05) is 6.08 Å². The third-order valence-corrected chi connectivity index (χ3v) is 3.94. The maximum atomic E-state index is 11.9. The molecule has 0 aliphatic rings. The van der Waals surface area contributed by atoms with Crippen LogP contribution in [-0.2, 0) is 18.7 Å². The van der Waals surface area contributed by atoms with Crippen LogP contribution in [0, 0.1) is 0 Å². The molecule has 0 aromatic heterocycles. The molecule has 0 rings (SSSR count). The van der Waals surface area contributed by atoms with Gasteiger partial charge in [0.15, 0.2) is 0 Å². The average molecular weight is 249 g/mol. The molecule has 6 nitrogen and oxygen atoms in total. The number of carbonyl (C=O) groups excluding carboxylic acids is 1. The van der Waals surface area contributed by atoms with Crippen LogP contribution in [0.3, 0.4) is 0 Å². The first kappa shape index (κ1) is 15.0. The first-order chi connectivity index (χ1) is 7.29. The van der Waals surface area contributed by atoms with Crippen LogP contribution in [0.4, 0.5) is 0 Å². The van der Waals surface area contributed by atoms with Crippen LogP contribution >= 0.6 is 7.37 Å². The van der Waals surface area contributed by atoms with Gasteiger partial charge in [0.25, 0.3) is 0 Å². The Bertz CT molecular complexity index is 339. The van der Waals surface area contributed by atoms with E-state index in [1.165, 1.54) is 26.8 Å². The van der Waals surface area contributed by atoms with Crippen molar-refractivity contribution in [3.63, 3.8) is 0 Å². The van der Waals surface area contributed by atoms with Crippen molar-refractivity contribution in [1.82, 2.24) is 5.32 Å². The number of rotatable bonds is 7. The lowest BCUT2D eigenvalue weighted by Gasteiger charge is -2.20. The number of ketones is 1. The van der Waals surface area contributed by atoms with E-state index in [1.807, 2.05) is 0 Å². The molecule has 0 saturated carbocycles. The fraction of sp³-hybridized carbons (Fsp3) is 0.556. The van der Waals surface area contributed by atoms with Crippen LogP contribution in [0.2, 0.25) is 0 Å². The van der Waals surface area contributed by atoms with Crippen molar-refractivity contribution in [2.45, 2.75) is 12.7 Å². The van der Waals surface area contributed by atoms with Gasteiger partial charge in [0.2, 0.25) is 7.37 Å². The summed E-state index contributed by atoms with van der Waals surface area (Å²) in [6.07, 6.45) is 2.09. The van der Waals surface area contributed by atoms with Gasteiger partial charge in [-0.15, -0.1) is 0 Å². The van der Waals surface area contributed by atoms with E-state index in [0.29, 0.717) is 0 Å². The highest BCUT2D eigenvalue weighted by Crippen LogP contribution is 2.46. The van der Waals surface area contributed by atoms with Crippen LogP contribution in [-0.4, -0.2) is 43.0 Å². The molecule has 0 aromatic rings. The molecular formula is C9H16NO5P. The van der Waals surface area contributed by atoms with Gasteiger partial charge in [-0.05, 0) is 6.92 Å². The van der Waals surface area contributed by atoms with Crippen molar-refractivity contribution in [3.8, 4) is 0 Å². The maximum absolute atomic E-state index is 11.9. The van der Waals surface area contributed by atoms with E-state index < -0.39 is 19.1 Å². The summed E-state index contributed by atoms with van der Waals surface area (Å²) in [4.78, 5) is 21.1. The summed E-state index contributed by atoms with van der Waals surface area (Å²) in [5.74, 6) is -2.06. The maximum Gasteiger partial charge on any atom is 0.328 e. The SMILES string of the molecule is COP(C)(=O)C(C=CC(=O)O)NCC(C)=O. The summed E-state index contributed by atoms with van der Waals surface area (Å²) in [6.45, 7) is 2.76. The summed E-state index contributed by atoms with van der Waals surface area (Å²) in [6, 6.07) is 0. The van der Waals surface area contributed by atoms with Crippen LogP contribution in [0.1, 0.15) is 6.92 Å². The lowest BCUT2D eigenvalue weighted by Crippen LogP contribution is -2.31. The summed E-state index contributed by atoms with van der Waals surface area (Å²) in [7, 11) is -1.73. The zero-order valence-corrected chi connectivity index (χ0v) is 10.4. The van der Waals surface area contributed by atoms with Crippen molar-refractivity contribution in [2.75, 3.05) is 20.3 Å². The van der Waals surface area contributed by atoms with Crippen molar-refractivity contribution in [1.29, 1.82) is 0 Å². The largest absolute Gasteiger partial charge is 0.478 e. The second kappa shape index (κ2) is 6.58. The van der Waals surface area contributed by atoms with Gasteiger partial charge in [0.05, 0.1) is 6.54 Å². The van der Waals surface area contributed by atoms with E-state index >= 15 is 0 Å². The number of carboxylic acid groups (broad SMARTS) is 1. The van der Waals surface area contributed by atoms with E-state index in [0.717, 1.165) is 6.08 Å². The molecule has 0 amide bonds. The van der Waals surface area contributed by atoms with Crippen LogP contribution in [0.5, 0.6) is 0 Å². The number of hydrogen-bond acceptors (Lipinski definition) is 5. The topological polar surface area (TPSA) is 92.7 Å². The van der Waals surface area contributed by atoms with Crippen molar-refractivity contribution < 1.29 is 23.8 Å². The van der Waals surface area contributed by atoms with Crippen molar-refractivity contribution >= 4 is 19.1 Å². The smallest absolute Gasteiger partial charge is 0.328 e. The highest BCUT2D eigenvalue weighted by atomic mass is 31.2. The molecule has 0 bridgehead atoms. The van der Waals surface area contributed by atoms with Gasteiger partial charge >= 0.3 is 5.97 Å². The van der Waals surface area contributed by atoms with Crippen LogP contribution in [0.25, 0.3) is 0 Å². The monoisotopic (exact) mass is 249 g/mol. The average Bonchev–Trinajstić information content (AvgIpc) is 2.16. The molecule has 0 radical (unpaired) electrons. The molecule has 16 heavy (non-hydrogen) atoms. The van der Waals surface area contributed by atoms with E-state index in [2.05, 4.69) is 5.32 Å². The van der Waals surface area contributed by atoms with Gasteiger partial charge < -0.3 is 9.63 Å². The number of Topliss-reactive ketones (excluding diaryl/α,β-unsaturated/α-hetero) is 1. The summed E-state index contributed by atoms with van der Waals surface area (Å²) in [5.41, 5.74) is 0. The minimum Gasteiger partial charge on any atom is -0.478 e. The number of nitrogens with one attached hydrogen (secondary N) is 1. The minimum absolute atomic E-state index is 0.00974. The molecule has 92 valence electrons. The van der Waals surface area contributed by atoms with Gasteiger partial charge in [-0.25, -0.2) is 4.79 Å². The highest BCUT2D eigenvalue weighted by molar-refractivity contribution is 7.59. The Hall–Kier alpha value is -0.970. The standard InChI is InChI=1S/C9H16NO5P/c1-7(11)6-10-8(4-5-9(12)13)16(3,14)15-2/h4-5,8,10H,6H2,1-3H3,(H,12,13). The number of hydrogen-bond donors (Lipinski definition) is 2. The second-order valence-corrected chi connectivity index (χ2v) is 6.06. The zero-order chi connectivity index (χ0) is 12.8. The Labute approximate surface area is 94.1 Å². The Kier molecular flexibility index (Phi) is 6.18. The van der Waals surface area contributed by atoms with Gasteiger partial charge in [-0.3, -0.25) is 14.7 Å². The number of carbonyl (C=O) groups is 2. The fourth-order valence-corrected chi connectivity index (χ4v) is 1.97. The molecule has 0 aliphatic heterocycles. The molecule has 2 unspecified atom stereocenters. The Morgan fingerprint density at radius 1 is 1.56 bits per heavy atom. The molecule has 0 heterocycles. The van der Waals surface area contributed by atoms with E-state index in [4.69, 9.17) is 9.63 Å². The Morgan fingerprint density at radius 2 is 2.12 bits per heavy atom. The van der Waals surface area contributed by atoms with Gasteiger partial charge in [0, 0.05) is 19.9 Å². The van der Waals surface area contributed by atoms with Crippen molar-refractivity contribution in [3.05, 3.63) is 12.2 Å². The third kappa shape index (κ3) is 5.80. The van der Waals surface area contributed by atoms with E-state index in [1.54, 1.807) is 0 Å². The molecule has 7 heteroatoms. The van der Waals surface area contributed by atoms with Gasteiger partial charge in [-0.2, -0.15) is 0 Å². The Morgan fingerprint density at radius 3 is 2.50 bits per heavy atom. The fourth-order valence-electron chi connectivity index (χ4n) is 0.926. The molecule has 0 saturated heterocycles. The molecule has 0 spiro atoms. The minimum atomic E-state index is -3.01. The summed E-state index contributed by atoms with van der Waals surface area (Å²) in [5, 5.41) is 11.1. The number of aliphatic carboxylic acids is 1. The predicted molar refractivity (Wildman–Crippen MR) is 59.8 cm³/mol. The Balaban J connectivity index is 4.70. The first-order valence-electron chi connectivity index (χ1n) is 4.56. The molecule has 2 N–H and O–H groups in total. The van der Waals surface area contributed by atoms with E-state index in [-0.39, 0.29) is 12.3 Å². The van der Waals surface area contributed by atoms with Crippen LogP contribution in [0.15, 0.2) is 12.2 Å². The lowest BCUT2D eigenvalue weighted by molar-refractivity contribution is -0.131. The third-order valence-electron chi connectivity index (χ3n) is 1.85. The molecule has 2 atom stereocenters. The van der Waals surface area contributed by atoms with Crippen molar-refractivity contribution in [2.24, 2.45) is 0 Å². The normalized spacial score (nSPS) is 16.9. The van der Waals surface area contributed by atoms with Gasteiger partial charge in [0.1, 0.15) is 11.6 Å². The molecule has 0 fully saturated rings. The lowest BCUT2D eigenvalue weighted by atomic mass is 10.4. The number of carboxylic acids is 1. The summed E-state index contributed by atoms with van der Waals surface area (Å²) >= 11 is 0. The van der Waals surface area contributed by atoms with Crippen LogP contribution < -0.4 is 5.32 Å². The second-order valence-electron chi connectivity index (χ2n) is 3.32. The first-order valence-corrected chi connectivity index (χ1v) is 6.70. The zero-order valence-electron chi connectivity index (χ0n) is 9.47. The molecular weight excluding hydrogens is 233 g/mol. The highest BCUT2D eigenvalue weighted by Gasteiger charge is 2.25. The van der Waals surface area contributed by atoms with E-state index in [9.17, 15) is 14.2 Å². The molecule has 0 aliphatic carbocycles. The molecule has 0 aromatic carbocycles. The predicted octanol–water partition coefficient (Wildman–Crippen LogP) is 0.686. The quantitative estimate of drug-likeness (QED) is 0.509. The summed E-state index contributed by atoms with van der Waals surface area (Å²) < 4.78 is 16.7.